The van der Waals surface area contributed by atoms with E-state index in [1.165, 1.54) is 18.9 Å². The van der Waals surface area contributed by atoms with Gasteiger partial charge in [-0.3, -0.25) is 4.79 Å². The van der Waals surface area contributed by atoms with E-state index in [0.29, 0.717) is 40.2 Å². The number of ether oxygens (including phenoxy) is 1. The number of nitrogens with one attached hydrogen (secondary N) is 1. The van der Waals surface area contributed by atoms with Crippen LogP contribution in [0.4, 0.5) is 0 Å². The zero-order valence-electron chi connectivity index (χ0n) is 17.6. The zero-order chi connectivity index (χ0) is 22.7. The number of rotatable bonds is 7. The number of nitrogens with zero attached hydrogens (tertiary/aromatic N) is 2. The van der Waals surface area contributed by atoms with Crippen LogP contribution in [0.3, 0.4) is 0 Å². The lowest BCUT2D eigenvalue weighted by atomic mass is 9.93. The Morgan fingerprint density at radius 2 is 2.09 bits per heavy atom. The number of thioether (sulfide) groups is 1. The first-order valence-corrected chi connectivity index (χ1v) is 11.4. The molecule has 0 fully saturated rings. The third-order valence-electron chi connectivity index (χ3n) is 5.21. The van der Waals surface area contributed by atoms with Crippen LogP contribution in [-0.2, 0) is 20.9 Å². The summed E-state index contributed by atoms with van der Waals surface area (Å²) in [6.07, 6.45) is 2.24. The molecular weight excluding hydrogens is 450 g/mol. The van der Waals surface area contributed by atoms with Gasteiger partial charge < -0.3 is 19.4 Å². The number of aliphatic imine (C=N–C) groups is 1. The van der Waals surface area contributed by atoms with Crippen molar-refractivity contribution in [3.05, 3.63) is 81.4 Å². The third kappa shape index (κ3) is 4.33. The predicted octanol–water partition coefficient (Wildman–Crippen LogP) is 4.78. The minimum atomic E-state index is -0.544. The summed E-state index contributed by atoms with van der Waals surface area (Å²) in [6, 6.07) is 10.4. The predicted molar refractivity (Wildman–Crippen MR) is 124 cm³/mol. The molecule has 1 aromatic carbocycles. The number of carbonyl (C=O) groups is 2. The molecule has 2 aromatic rings. The fourth-order valence-electron chi connectivity index (χ4n) is 3.73. The van der Waals surface area contributed by atoms with Gasteiger partial charge in [0.15, 0.2) is 5.17 Å². The molecule has 2 aliphatic heterocycles. The smallest absolute Gasteiger partial charge is 0.338 e. The lowest BCUT2D eigenvalue weighted by molar-refractivity contribution is -0.136. The number of esters is 1. The van der Waals surface area contributed by atoms with Gasteiger partial charge in [-0.25, -0.2) is 9.79 Å². The van der Waals surface area contributed by atoms with E-state index in [1.807, 2.05) is 35.4 Å². The molecule has 0 saturated carbocycles. The van der Waals surface area contributed by atoms with Crippen LogP contribution in [0.2, 0.25) is 5.02 Å². The molecule has 0 radical (unpaired) electrons. The van der Waals surface area contributed by atoms with Crippen molar-refractivity contribution in [3.8, 4) is 0 Å². The number of carbonyl (C=O) groups excluding carboxylic acids is 2. The monoisotopic (exact) mass is 471 g/mol. The number of amides is 1. The highest BCUT2D eigenvalue weighted by Crippen LogP contribution is 2.46. The Hall–Kier alpha value is -2.97. The molecule has 4 rings (SSSR count). The van der Waals surface area contributed by atoms with Gasteiger partial charge in [-0.1, -0.05) is 48.5 Å². The zero-order valence-corrected chi connectivity index (χ0v) is 19.2. The topological polar surface area (TPSA) is 84.1 Å². The molecule has 0 aliphatic carbocycles. The fraction of sp³-hybridized carbons (Fsp3) is 0.261. The summed E-state index contributed by atoms with van der Waals surface area (Å²) in [5, 5.41) is 5.98. The molecule has 0 bridgehead atoms. The summed E-state index contributed by atoms with van der Waals surface area (Å²) in [6.45, 7) is 2.24. The van der Waals surface area contributed by atoms with Crippen LogP contribution in [0.1, 0.15) is 37.1 Å². The highest BCUT2D eigenvalue weighted by Gasteiger charge is 2.42. The van der Waals surface area contributed by atoms with Crippen LogP contribution in [0.5, 0.6) is 0 Å². The molecule has 1 atom stereocenters. The largest absolute Gasteiger partial charge is 0.467 e. The number of allylic oxidation sites excluding steroid dienone is 1. The van der Waals surface area contributed by atoms with Gasteiger partial charge in [0.2, 0.25) is 5.91 Å². The first-order valence-electron chi connectivity index (χ1n) is 10.1. The van der Waals surface area contributed by atoms with E-state index < -0.39 is 12.0 Å². The standard InChI is InChI=1S/C23H22ClN3O4S/c1-3-18-20(22(29)30-2)21(16-8-4-5-9-17(16)24)27-14(13-32-23(27)26-18)11-19(28)25-12-15-7-6-10-31-15/h4-10,13,21H,3,11-12H2,1-2H3,(H,25,28)/t21-/m0/s1. The summed E-state index contributed by atoms with van der Waals surface area (Å²) >= 11 is 7.98. The molecule has 0 spiro atoms. The minimum Gasteiger partial charge on any atom is -0.467 e. The van der Waals surface area contributed by atoms with E-state index in [-0.39, 0.29) is 12.3 Å². The molecular formula is C23H22ClN3O4S. The van der Waals surface area contributed by atoms with Crippen molar-refractivity contribution in [2.75, 3.05) is 7.11 Å². The summed E-state index contributed by atoms with van der Waals surface area (Å²) in [4.78, 5) is 32.1. The summed E-state index contributed by atoms with van der Waals surface area (Å²) in [5.41, 5.74) is 2.55. The number of fused-ring (bicyclic) bond motifs is 1. The molecule has 1 amide bonds. The van der Waals surface area contributed by atoms with Crippen LogP contribution >= 0.6 is 23.4 Å². The van der Waals surface area contributed by atoms with E-state index >= 15 is 0 Å². The third-order valence-corrected chi connectivity index (χ3v) is 6.44. The lowest BCUT2D eigenvalue weighted by Gasteiger charge is -2.36. The first kappa shape index (κ1) is 22.2. The molecule has 2 aliphatic rings. The number of furan rings is 1. The number of halogens is 1. The molecule has 7 nitrogen and oxygen atoms in total. The maximum atomic E-state index is 12.8. The van der Waals surface area contributed by atoms with Gasteiger partial charge in [0.05, 0.1) is 43.7 Å². The van der Waals surface area contributed by atoms with Gasteiger partial charge in [-0.15, -0.1) is 0 Å². The number of hydrogen-bond donors (Lipinski definition) is 1. The highest BCUT2D eigenvalue weighted by atomic mass is 35.5. The SMILES string of the molecule is CCC1=C(C(=O)OC)[C@H](c2ccccc2Cl)N2C(CC(=O)NCc3ccco3)=CSC2=N1. The summed E-state index contributed by atoms with van der Waals surface area (Å²) < 4.78 is 10.4. The molecule has 3 heterocycles. The normalized spacial score (nSPS) is 17.6. The average Bonchev–Trinajstić information content (AvgIpc) is 3.46. The highest BCUT2D eigenvalue weighted by molar-refractivity contribution is 8.16. The van der Waals surface area contributed by atoms with Gasteiger partial charge in [0, 0.05) is 10.7 Å². The molecule has 0 saturated heterocycles. The Morgan fingerprint density at radius 1 is 1.28 bits per heavy atom. The number of methoxy groups -OCH3 is 1. The van der Waals surface area contributed by atoms with Gasteiger partial charge in [-0.2, -0.15) is 0 Å². The Kier molecular flexibility index (Phi) is 6.72. The minimum absolute atomic E-state index is 0.115. The van der Waals surface area contributed by atoms with Crippen LogP contribution in [0, 0.1) is 0 Å². The van der Waals surface area contributed by atoms with E-state index in [2.05, 4.69) is 5.32 Å². The summed E-state index contributed by atoms with van der Waals surface area (Å²) in [5.74, 6) is 0.0381. The first-order chi connectivity index (χ1) is 15.5. The maximum absolute atomic E-state index is 12.8. The number of amidine groups is 1. The molecule has 9 heteroatoms. The molecule has 1 aromatic heterocycles. The van der Waals surface area contributed by atoms with E-state index in [1.54, 1.807) is 24.5 Å². The average molecular weight is 472 g/mol. The Morgan fingerprint density at radius 3 is 2.78 bits per heavy atom. The Bertz CT molecular complexity index is 1120. The van der Waals surface area contributed by atoms with E-state index in [4.69, 9.17) is 25.7 Å². The Labute approximate surface area is 195 Å². The number of benzene rings is 1. The van der Waals surface area contributed by atoms with E-state index in [0.717, 1.165) is 11.3 Å². The van der Waals surface area contributed by atoms with Crippen molar-refractivity contribution in [2.24, 2.45) is 4.99 Å². The molecule has 32 heavy (non-hydrogen) atoms. The maximum Gasteiger partial charge on any atom is 0.338 e. The van der Waals surface area contributed by atoms with Crippen LogP contribution in [-0.4, -0.2) is 29.1 Å². The van der Waals surface area contributed by atoms with Crippen molar-refractivity contribution in [2.45, 2.75) is 32.4 Å². The van der Waals surface area contributed by atoms with Crippen LogP contribution in [0.15, 0.2) is 74.4 Å². The second kappa shape index (κ2) is 9.67. The second-order valence-corrected chi connectivity index (χ2v) is 8.40. The molecule has 0 unspecified atom stereocenters. The molecule has 1 N–H and O–H groups in total. The second-order valence-electron chi connectivity index (χ2n) is 7.15. The van der Waals surface area contributed by atoms with Crippen molar-refractivity contribution in [1.29, 1.82) is 0 Å². The van der Waals surface area contributed by atoms with Crippen molar-refractivity contribution >= 4 is 40.4 Å². The van der Waals surface area contributed by atoms with E-state index in [9.17, 15) is 9.59 Å². The van der Waals surface area contributed by atoms with Crippen molar-refractivity contribution in [3.63, 3.8) is 0 Å². The van der Waals surface area contributed by atoms with Gasteiger partial charge in [0.1, 0.15) is 5.76 Å². The lowest BCUT2D eigenvalue weighted by Crippen LogP contribution is -2.38. The van der Waals surface area contributed by atoms with Crippen molar-refractivity contribution < 1.29 is 18.7 Å². The van der Waals surface area contributed by atoms with Gasteiger partial charge >= 0.3 is 5.97 Å². The van der Waals surface area contributed by atoms with Gasteiger partial charge in [-0.05, 0) is 35.6 Å². The molecule has 166 valence electrons. The van der Waals surface area contributed by atoms with Crippen LogP contribution in [0.25, 0.3) is 0 Å². The quantitative estimate of drug-likeness (QED) is 0.585. The van der Waals surface area contributed by atoms with Gasteiger partial charge in [0.25, 0.3) is 0 Å². The Balaban J connectivity index is 1.67. The van der Waals surface area contributed by atoms with Crippen LogP contribution < -0.4 is 5.32 Å². The number of hydrogen-bond acceptors (Lipinski definition) is 7. The van der Waals surface area contributed by atoms with Crippen molar-refractivity contribution in [1.82, 2.24) is 10.2 Å². The summed E-state index contributed by atoms with van der Waals surface area (Å²) in [7, 11) is 1.35. The fourth-order valence-corrected chi connectivity index (χ4v) is 4.91.